The lowest BCUT2D eigenvalue weighted by Crippen LogP contribution is -2.54. The van der Waals surface area contributed by atoms with Crippen molar-refractivity contribution in [3.05, 3.63) is 11.1 Å². The Morgan fingerprint density at radius 1 is 1.40 bits per heavy atom. The van der Waals surface area contributed by atoms with Gasteiger partial charge in [-0.2, -0.15) is 0 Å². The molecule has 2 saturated heterocycles. The van der Waals surface area contributed by atoms with Gasteiger partial charge in [0.05, 0.1) is 0 Å². The summed E-state index contributed by atoms with van der Waals surface area (Å²) in [5.74, 6) is 0. The molecule has 4 nitrogen and oxygen atoms in total. The smallest absolute Gasteiger partial charge is 0.185 e. The van der Waals surface area contributed by atoms with Crippen LogP contribution in [-0.4, -0.2) is 48.6 Å². The van der Waals surface area contributed by atoms with Gasteiger partial charge < -0.3 is 10.2 Å². The molecule has 1 N–H and O–H groups in total. The molecular weight excluding hydrogens is 268 g/mol. The molecule has 3 heterocycles. The summed E-state index contributed by atoms with van der Waals surface area (Å²) in [6, 6.07) is 1.18. The minimum absolute atomic E-state index is 0.419. The molecule has 0 bridgehead atoms. The molecule has 0 spiro atoms. The second kappa shape index (κ2) is 6.41. The first-order valence-electron chi connectivity index (χ1n) is 7.96. The minimum Gasteiger partial charge on any atom is -0.345 e. The van der Waals surface area contributed by atoms with Crippen molar-refractivity contribution in [1.29, 1.82) is 0 Å². The molecule has 2 fully saturated rings. The van der Waals surface area contributed by atoms with Crippen LogP contribution in [0.25, 0.3) is 0 Å². The molecule has 5 heteroatoms. The summed E-state index contributed by atoms with van der Waals surface area (Å²) in [4.78, 5) is 11.2. The number of hydrogen-bond acceptors (Lipinski definition) is 5. The number of hydrogen-bond donors (Lipinski definition) is 1. The van der Waals surface area contributed by atoms with E-state index in [1.807, 2.05) is 11.3 Å². The Kier molecular flexibility index (Phi) is 4.58. The van der Waals surface area contributed by atoms with Gasteiger partial charge in [0.15, 0.2) is 5.13 Å². The van der Waals surface area contributed by atoms with Crippen molar-refractivity contribution in [3.8, 4) is 0 Å². The van der Waals surface area contributed by atoms with Crippen LogP contribution in [0.2, 0.25) is 0 Å². The molecule has 20 heavy (non-hydrogen) atoms. The second-order valence-electron chi connectivity index (χ2n) is 5.96. The molecule has 0 aliphatic carbocycles. The van der Waals surface area contributed by atoms with Gasteiger partial charge in [0, 0.05) is 42.8 Å². The summed E-state index contributed by atoms with van der Waals surface area (Å²) in [5.41, 5.74) is 0. The van der Waals surface area contributed by atoms with E-state index in [4.69, 9.17) is 0 Å². The Balaban J connectivity index is 1.64. The fraction of sp³-hybridized carbons (Fsp3) is 0.800. The van der Waals surface area contributed by atoms with Gasteiger partial charge in [0.25, 0.3) is 0 Å². The normalized spacial score (nSPS) is 25.5. The van der Waals surface area contributed by atoms with Gasteiger partial charge in [-0.3, -0.25) is 4.90 Å². The molecule has 0 saturated carbocycles. The summed E-state index contributed by atoms with van der Waals surface area (Å²) in [7, 11) is 0. The van der Waals surface area contributed by atoms with Crippen molar-refractivity contribution >= 4 is 16.5 Å². The predicted octanol–water partition coefficient (Wildman–Crippen LogP) is 2.49. The molecule has 1 aromatic heterocycles. The maximum atomic E-state index is 4.67. The zero-order valence-corrected chi connectivity index (χ0v) is 13.5. The van der Waals surface area contributed by atoms with Crippen molar-refractivity contribution in [2.75, 3.05) is 37.6 Å². The van der Waals surface area contributed by atoms with Crippen molar-refractivity contribution in [2.24, 2.45) is 0 Å². The van der Waals surface area contributed by atoms with E-state index < -0.39 is 0 Å². The fourth-order valence-corrected chi connectivity index (χ4v) is 4.34. The zero-order chi connectivity index (χ0) is 13.9. The van der Waals surface area contributed by atoms with Gasteiger partial charge in [0.2, 0.25) is 0 Å². The summed E-state index contributed by atoms with van der Waals surface area (Å²) in [6.07, 6.45) is 6.21. The van der Waals surface area contributed by atoms with Crippen LogP contribution >= 0.6 is 11.3 Å². The lowest BCUT2D eigenvalue weighted by molar-refractivity contribution is 0.133. The number of thiazole rings is 1. The monoisotopic (exact) mass is 294 g/mol. The molecule has 2 aliphatic rings. The number of piperidine rings is 1. The number of piperazine rings is 1. The van der Waals surface area contributed by atoms with E-state index in [1.54, 1.807) is 0 Å². The van der Waals surface area contributed by atoms with E-state index in [1.165, 1.54) is 48.9 Å². The third-order valence-electron chi connectivity index (χ3n) is 4.56. The van der Waals surface area contributed by atoms with Gasteiger partial charge in [-0.15, -0.1) is 11.3 Å². The van der Waals surface area contributed by atoms with Crippen molar-refractivity contribution in [3.63, 3.8) is 0 Å². The molecule has 0 radical (unpaired) electrons. The number of nitrogens with zero attached hydrogens (tertiary/aromatic N) is 3. The van der Waals surface area contributed by atoms with Crippen molar-refractivity contribution in [2.45, 2.75) is 45.2 Å². The fourth-order valence-electron chi connectivity index (χ4n) is 3.36. The van der Waals surface area contributed by atoms with Gasteiger partial charge in [0.1, 0.15) is 0 Å². The van der Waals surface area contributed by atoms with Gasteiger partial charge in [-0.1, -0.05) is 13.3 Å². The zero-order valence-electron chi connectivity index (χ0n) is 12.6. The largest absolute Gasteiger partial charge is 0.345 e. The summed E-state index contributed by atoms with van der Waals surface area (Å²) in [6.45, 7) is 10.2. The van der Waals surface area contributed by atoms with Crippen LogP contribution in [0.1, 0.15) is 44.0 Å². The van der Waals surface area contributed by atoms with E-state index >= 15 is 0 Å². The average Bonchev–Trinajstić information content (AvgIpc) is 2.97. The van der Waals surface area contributed by atoms with Crippen LogP contribution in [-0.2, 0) is 0 Å². The van der Waals surface area contributed by atoms with E-state index in [2.05, 4.69) is 40.1 Å². The van der Waals surface area contributed by atoms with Crippen LogP contribution < -0.4 is 10.2 Å². The third kappa shape index (κ3) is 3.00. The molecule has 0 amide bonds. The molecule has 3 rings (SSSR count). The molecule has 1 aromatic rings. The SMILES string of the molecule is CCNC(C)c1cnc(N2CCN3CCCCC3C2)s1. The first-order valence-corrected chi connectivity index (χ1v) is 8.77. The van der Waals surface area contributed by atoms with Crippen LogP contribution in [0.5, 0.6) is 0 Å². The Bertz CT molecular complexity index is 433. The Morgan fingerprint density at radius 2 is 2.30 bits per heavy atom. The molecule has 112 valence electrons. The highest BCUT2D eigenvalue weighted by molar-refractivity contribution is 7.15. The van der Waals surface area contributed by atoms with Crippen LogP contribution in [0.4, 0.5) is 5.13 Å². The predicted molar refractivity (Wildman–Crippen MR) is 85.6 cm³/mol. The number of fused-ring (bicyclic) bond motifs is 1. The molecule has 2 atom stereocenters. The number of nitrogens with one attached hydrogen (secondary N) is 1. The Hall–Kier alpha value is -0.650. The van der Waals surface area contributed by atoms with Crippen molar-refractivity contribution < 1.29 is 0 Å². The second-order valence-corrected chi connectivity index (χ2v) is 7.00. The summed E-state index contributed by atoms with van der Waals surface area (Å²) < 4.78 is 0. The number of rotatable bonds is 4. The van der Waals surface area contributed by atoms with E-state index in [9.17, 15) is 0 Å². The van der Waals surface area contributed by atoms with Crippen LogP contribution in [0.15, 0.2) is 6.20 Å². The minimum atomic E-state index is 0.419. The summed E-state index contributed by atoms with van der Waals surface area (Å²) in [5, 5.41) is 4.68. The highest BCUT2D eigenvalue weighted by Gasteiger charge is 2.30. The Morgan fingerprint density at radius 3 is 3.15 bits per heavy atom. The standard InChI is InChI=1S/C15H26N4S/c1-3-16-12(2)14-10-17-15(20-14)19-9-8-18-7-5-4-6-13(18)11-19/h10,12-13,16H,3-9,11H2,1-2H3. The number of anilines is 1. The van der Waals surface area contributed by atoms with E-state index in [0.29, 0.717) is 6.04 Å². The Labute approximate surface area is 126 Å². The van der Waals surface area contributed by atoms with E-state index in [0.717, 1.165) is 19.1 Å². The molecule has 2 unspecified atom stereocenters. The molecule has 2 aliphatic heterocycles. The van der Waals surface area contributed by atoms with Gasteiger partial charge >= 0.3 is 0 Å². The molecule has 0 aromatic carbocycles. The maximum Gasteiger partial charge on any atom is 0.185 e. The maximum absolute atomic E-state index is 4.67. The average molecular weight is 294 g/mol. The lowest BCUT2D eigenvalue weighted by atomic mass is 10.00. The van der Waals surface area contributed by atoms with Crippen molar-refractivity contribution in [1.82, 2.24) is 15.2 Å². The first-order chi connectivity index (χ1) is 9.78. The van der Waals surface area contributed by atoms with Gasteiger partial charge in [-0.25, -0.2) is 4.98 Å². The van der Waals surface area contributed by atoms with Crippen LogP contribution in [0.3, 0.4) is 0 Å². The first kappa shape index (κ1) is 14.3. The quantitative estimate of drug-likeness (QED) is 0.924. The summed E-state index contributed by atoms with van der Waals surface area (Å²) >= 11 is 1.86. The molecular formula is C15H26N4S. The van der Waals surface area contributed by atoms with Crippen LogP contribution in [0, 0.1) is 0 Å². The van der Waals surface area contributed by atoms with E-state index in [-0.39, 0.29) is 0 Å². The van der Waals surface area contributed by atoms with Gasteiger partial charge in [-0.05, 0) is 32.9 Å². The highest BCUT2D eigenvalue weighted by Crippen LogP contribution is 2.30. The lowest BCUT2D eigenvalue weighted by Gasteiger charge is -2.44. The number of aromatic nitrogens is 1. The third-order valence-corrected chi connectivity index (χ3v) is 5.80. The topological polar surface area (TPSA) is 31.4 Å². The highest BCUT2D eigenvalue weighted by atomic mass is 32.1.